The molecule has 0 spiro atoms. The van der Waals surface area contributed by atoms with Crippen LogP contribution in [0.5, 0.6) is 0 Å². The van der Waals surface area contributed by atoms with E-state index in [2.05, 4.69) is 15.4 Å². The molecule has 0 fully saturated rings. The number of carboxylic acid groups (broad SMARTS) is 1. The van der Waals surface area contributed by atoms with Crippen LogP contribution in [0.25, 0.3) is 10.6 Å². The Labute approximate surface area is 137 Å². The minimum atomic E-state index is -0.902. The highest BCUT2D eigenvalue weighted by Crippen LogP contribution is 2.26. The lowest BCUT2D eigenvalue weighted by atomic mass is 10.3. The van der Waals surface area contributed by atoms with Crippen molar-refractivity contribution < 1.29 is 9.90 Å². The van der Waals surface area contributed by atoms with Gasteiger partial charge >= 0.3 is 5.97 Å². The monoisotopic (exact) mass is 328 g/mol. The third-order valence-corrected chi connectivity index (χ3v) is 4.40. The highest BCUT2D eigenvalue weighted by atomic mass is 32.1. The summed E-state index contributed by atoms with van der Waals surface area (Å²) in [4.78, 5) is 16.1. The molecule has 0 unspecified atom stereocenters. The van der Waals surface area contributed by atoms with Crippen molar-refractivity contribution in [1.82, 2.24) is 20.1 Å². The van der Waals surface area contributed by atoms with Crippen molar-refractivity contribution in [2.75, 3.05) is 6.54 Å². The minimum Gasteiger partial charge on any atom is -0.477 e. The van der Waals surface area contributed by atoms with E-state index in [-0.39, 0.29) is 0 Å². The van der Waals surface area contributed by atoms with Crippen LogP contribution in [0.1, 0.15) is 15.2 Å². The Kier molecular flexibility index (Phi) is 4.80. The smallest absolute Gasteiger partial charge is 0.345 e. The van der Waals surface area contributed by atoms with Crippen molar-refractivity contribution in [1.29, 1.82) is 0 Å². The number of carbonyl (C=O) groups is 1. The van der Waals surface area contributed by atoms with Crippen LogP contribution in [0, 0.1) is 0 Å². The zero-order valence-corrected chi connectivity index (χ0v) is 13.2. The molecular formula is C16H16N4O2S. The van der Waals surface area contributed by atoms with Crippen LogP contribution in [0.15, 0.2) is 48.9 Å². The number of thiophene rings is 1. The summed E-state index contributed by atoms with van der Waals surface area (Å²) in [6.07, 6.45) is 5.47. The number of nitrogens with zero attached hydrogens (tertiary/aromatic N) is 3. The number of hydrogen-bond acceptors (Lipinski definition) is 5. The molecule has 0 saturated heterocycles. The number of aromatic carboxylic acids is 1. The number of aromatic nitrogens is 3. The molecule has 0 atom stereocenters. The molecule has 3 heterocycles. The second-order valence-electron chi connectivity index (χ2n) is 4.97. The SMILES string of the molecule is O=C(O)c1ccc(-c2ccn(CCNCc3ccncc3)n2)s1. The Hall–Kier alpha value is -2.51. The third-order valence-electron chi connectivity index (χ3n) is 3.31. The largest absolute Gasteiger partial charge is 0.477 e. The zero-order chi connectivity index (χ0) is 16.1. The number of hydrogen-bond donors (Lipinski definition) is 2. The maximum atomic E-state index is 10.9. The Morgan fingerprint density at radius 3 is 2.78 bits per heavy atom. The maximum Gasteiger partial charge on any atom is 0.345 e. The summed E-state index contributed by atoms with van der Waals surface area (Å²) in [7, 11) is 0. The summed E-state index contributed by atoms with van der Waals surface area (Å²) < 4.78 is 1.86. The van der Waals surface area contributed by atoms with Crippen molar-refractivity contribution in [2.45, 2.75) is 13.1 Å². The van der Waals surface area contributed by atoms with Gasteiger partial charge in [-0.05, 0) is 35.9 Å². The molecule has 7 heteroatoms. The third kappa shape index (κ3) is 4.02. The number of nitrogens with one attached hydrogen (secondary N) is 1. The van der Waals surface area contributed by atoms with E-state index < -0.39 is 5.97 Å². The zero-order valence-electron chi connectivity index (χ0n) is 12.3. The van der Waals surface area contributed by atoms with Crippen LogP contribution < -0.4 is 5.32 Å². The van der Waals surface area contributed by atoms with Crippen molar-refractivity contribution in [3.05, 3.63) is 59.4 Å². The summed E-state index contributed by atoms with van der Waals surface area (Å²) in [5.74, 6) is -0.902. The fraction of sp³-hybridized carbons (Fsp3) is 0.188. The van der Waals surface area contributed by atoms with Crippen LogP contribution in [-0.4, -0.2) is 32.4 Å². The van der Waals surface area contributed by atoms with E-state index in [1.165, 1.54) is 16.9 Å². The Morgan fingerprint density at radius 1 is 1.22 bits per heavy atom. The first-order valence-electron chi connectivity index (χ1n) is 7.19. The van der Waals surface area contributed by atoms with Crippen molar-refractivity contribution >= 4 is 17.3 Å². The van der Waals surface area contributed by atoms with E-state index in [1.807, 2.05) is 29.1 Å². The summed E-state index contributed by atoms with van der Waals surface area (Å²) in [5, 5.41) is 16.8. The van der Waals surface area contributed by atoms with Crippen LogP contribution in [0.4, 0.5) is 0 Å². The highest BCUT2D eigenvalue weighted by Gasteiger charge is 2.10. The van der Waals surface area contributed by atoms with E-state index in [1.54, 1.807) is 24.5 Å². The van der Waals surface area contributed by atoms with E-state index in [9.17, 15) is 4.79 Å². The minimum absolute atomic E-state index is 0.327. The average molecular weight is 328 g/mol. The first-order chi connectivity index (χ1) is 11.2. The standard InChI is InChI=1S/C16H16N4O2S/c21-16(22)15-2-1-14(23-15)13-5-9-20(19-13)10-8-18-11-12-3-6-17-7-4-12/h1-7,9,18H,8,10-11H2,(H,21,22). The van der Waals surface area contributed by atoms with E-state index in [0.717, 1.165) is 30.2 Å². The topological polar surface area (TPSA) is 80.0 Å². The molecule has 3 aromatic rings. The molecule has 2 N–H and O–H groups in total. The number of pyridine rings is 1. The summed E-state index contributed by atoms with van der Waals surface area (Å²) >= 11 is 1.24. The normalized spacial score (nSPS) is 10.8. The van der Waals surface area contributed by atoms with E-state index in [4.69, 9.17) is 5.11 Å². The van der Waals surface area contributed by atoms with Crippen LogP contribution in [0.3, 0.4) is 0 Å². The predicted molar refractivity (Wildman–Crippen MR) is 88.4 cm³/mol. The Balaban J connectivity index is 1.52. The van der Waals surface area contributed by atoms with Crippen molar-refractivity contribution in [2.24, 2.45) is 0 Å². The Morgan fingerprint density at radius 2 is 2.04 bits per heavy atom. The molecule has 6 nitrogen and oxygen atoms in total. The number of rotatable bonds is 7. The predicted octanol–water partition coefficient (Wildman–Crippen LogP) is 2.49. The molecule has 118 valence electrons. The van der Waals surface area contributed by atoms with Gasteiger partial charge in [-0.3, -0.25) is 9.67 Å². The molecule has 0 saturated carbocycles. The van der Waals surface area contributed by atoms with E-state index >= 15 is 0 Å². The molecule has 0 aliphatic rings. The van der Waals surface area contributed by atoms with Gasteiger partial charge in [-0.2, -0.15) is 5.10 Å². The molecule has 0 aliphatic heterocycles. The van der Waals surface area contributed by atoms with Crippen LogP contribution in [-0.2, 0) is 13.1 Å². The fourth-order valence-electron chi connectivity index (χ4n) is 2.14. The van der Waals surface area contributed by atoms with Gasteiger partial charge in [-0.25, -0.2) is 4.79 Å². The summed E-state index contributed by atoms with van der Waals surface area (Å²) in [6, 6.07) is 9.27. The van der Waals surface area contributed by atoms with Crippen molar-refractivity contribution in [3.63, 3.8) is 0 Å². The molecule has 0 bridgehead atoms. The van der Waals surface area contributed by atoms with Crippen LogP contribution >= 0.6 is 11.3 Å². The number of carboxylic acids is 1. The van der Waals surface area contributed by atoms with Gasteiger partial charge in [-0.1, -0.05) is 0 Å². The van der Waals surface area contributed by atoms with Gasteiger partial charge in [0.25, 0.3) is 0 Å². The molecular weight excluding hydrogens is 312 g/mol. The lowest BCUT2D eigenvalue weighted by Crippen LogP contribution is -2.19. The van der Waals surface area contributed by atoms with Gasteiger partial charge in [0, 0.05) is 31.7 Å². The fourth-order valence-corrected chi connectivity index (χ4v) is 2.94. The molecule has 0 radical (unpaired) electrons. The average Bonchev–Trinajstić information content (AvgIpc) is 3.21. The second-order valence-corrected chi connectivity index (χ2v) is 6.05. The molecule has 23 heavy (non-hydrogen) atoms. The lowest BCUT2D eigenvalue weighted by Gasteiger charge is -2.04. The van der Waals surface area contributed by atoms with Gasteiger partial charge in [0.1, 0.15) is 10.6 Å². The lowest BCUT2D eigenvalue weighted by molar-refractivity contribution is 0.0702. The van der Waals surface area contributed by atoms with Gasteiger partial charge in [0.15, 0.2) is 0 Å². The van der Waals surface area contributed by atoms with Gasteiger partial charge in [0.05, 0.1) is 11.4 Å². The Bertz CT molecular complexity index is 782. The molecule has 3 rings (SSSR count). The first kappa shape index (κ1) is 15.4. The summed E-state index contributed by atoms with van der Waals surface area (Å²) in [6.45, 7) is 2.35. The summed E-state index contributed by atoms with van der Waals surface area (Å²) in [5.41, 5.74) is 2.00. The van der Waals surface area contributed by atoms with Crippen molar-refractivity contribution in [3.8, 4) is 10.6 Å². The molecule has 0 aliphatic carbocycles. The molecule has 3 aromatic heterocycles. The van der Waals surface area contributed by atoms with E-state index in [0.29, 0.717) is 4.88 Å². The molecule has 0 amide bonds. The molecule has 0 aromatic carbocycles. The van der Waals surface area contributed by atoms with Gasteiger partial charge in [-0.15, -0.1) is 11.3 Å². The van der Waals surface area contributed by atoms with Gasteiger partial charge < -0.3 is 10.4 Å². The maximum absolute atomic E-state index is 10.9. The highest BCUT2D eigenvalue weighted by molar-refractivity contribution is 7.17. The quantitative estimate of drug-likeness (QED) is 0.651. The first-order valence-corrected chi connectivity index (χ1v) is 8.00. The van der Waals surface area contributed by atoms with Gasteiger partial charge in [0.2, 0.25) is 0 Å². The van der Waals surface area contributed by atoms with Crippen LogP contribution in [0.2, 0.25) is 0 Å². The second kappa shape index (κ2) is 7.17.